The normalized spacial score (nSPS) is 17.9. The molecular formula is C16H21N3S. The number of thioether (sulfide) groups is 1. The molecule has 0 radical (unpaired) electrons. The van der Waals surface area contributed by atoms with Gasteiger partial charge >= 0.3 is 0 Å². The van der Waals surface area contributed by atoms with Crippen LogP contribution in [0, 0.1) is 6.92 Å². The lowest BCUT2D eigenvalue weighted by atomic mass is 10.0. The molecule has 0 spiro atoms. The summed E-state index contributed by atoms with van der Waals surface area (Å²) in [5, 5.41) is 10.8. The summed E-state index contributed by atoms with van der Waals surface area (Å²) in [5.74, 6) is 1.22. The molecule has 1 aromatic carbocycles. The maximum atomic E-state index is 4.07. The van der Waals surface area contributed by atoms with E-state index in [0.29, 0.717) is 6.04 Å². The van der Waals surface area contributed by atoms with Crippen LogP contribution in [-0.2, 0) is 6.42 Å². The highest BCUT2D eigenvalue weighted by atomic mass is 32.2. The van der Waals surface area contributed by atoms with Gasteiger partial charge in [0.2, 0.25) is 0 Å². The maximum absolute atomic E-state index is 4.07. The van der Waals surface area contributed by atoms with Crippen LogP contribution < -0.4 is 5.32 Å². The summed E-state index contributed by atoms with van der Waals surface area (Å²) in [6.45, 7) is 3.15. The van der Waals surface area contributed by atoms with E-state index in [9.17, 15) is 0 Å². The summed E-state index contributed by atoms with van der Waals surface area (Å²) < 4.78 is 0. The monoisotopic (exact) mass is 287 g/mol. The SMILES string of the molecule is Cc1[nH]ncc1CCCNC1CCSc2ccccc21. The maximum Gasteiger partial charge on any atom is 0.0522 e. The fraction of sp³-hybridized carbons (Fsp3) is 0.438. The zero-order chi connectivity index (χ0) is 13.8. The fourth-order valence-corrected chi connectivity index (χ4v) is 3.86. The number of nitrogens with zero attached hydrogens (tertiary/aromatic N) is 1. The van der Waals surface area contributed by atoms with Crippen molar-refractivity contribution in [2.45, 2.75) is 37.1 Å². The zero-order valence-electron chi connectivity index (χ0n) is 11.9. The molecule has 1 aliphatic rings. The zero-order valence-corrected chi connectivity index (χ0v) is 12.7. The molecule has 3 nitrogen and oxygen atoms in total. The molecule has 2 N–H and O–H groups in total. The van der Waals surface area contributed by atoms with Crippen molar-refractivity contribution < 1.29 is 0 Å². The second kappa shape index (κ2) is 6.46. The average molecular weight is 287 g/mol. The van der Waals surface area contributed by atoms with Gasteiger partial charge in [-0.25, -0.2) is 0 Å². The minimum absolute atomic E-state index is 0.526. The second-order valence-corrected chi connectivity index (χ2v) is 6.44. The van der Waals surface area contributed by atoms with E-state index in [-0.39, 0.29) is 0 Å². The van der Waals surface area contributed by atoms with E-state index in [2.05, 4.69) is 46.7 Å². The number of nitrogens with one attached hydrogen (secondary N) is 2. The van der Waals surface area contributed by atoms with Crippen LogP contribution >= 0.6 is 11.8 Å². The van der Waals surface area contributed by atoms with Crippen LogP contribution in [0.15, 0.2) is 35.4 Å². The third-order valence-electron chi connectivity index (χ3n) is 3.91. The van der Waals surface area contributed by atoms with Crippen molar-refractivity contribution >= 4 is 11.8 Å². The van der Waals surface area contributed by atoms with Crippen LogP contribution in [0.2, 0.25) is 0 Å². The lowest BCUT2D eigenvalue weighted by Gasteiger charge is -2.26. The Bertz CT molecular complexity index is 564. The molecule has 0 amide bonds. The molecule has 20 heavy (non-hydrogen) atoms. The molecule has 0 fully saturated rings. The number of H-pyrrole nitrogens is 1. The minimum Gasteiger partial charge on any atom is -0.310 e. The van der Waals surface area contributed by atoms with Gasteiger partial charge in [-0.05, 0) is 55.7 Å². The summed E-state index contributed by atoms with van der Waals surface area (Å²) in [5.41, 5.74) is 4.01. The van der Waals surface area contributed by atoms with E-state index in [0.717, 1.165) is 19.4 Å². The first kappa shape index (κ1) is 13.7. The topological polar surface area (TPSA) is 40.7 Å². The smallest absolute Gasteiger partial charge is 0.0522 e. The molecule has 1 atom stereocenters. The molecule has 3 rings (SSSR count). The summed E-state index contributed by atoms with van der Waals surface area (Å²) in [6, 6.07) is 9.31. The third-order valence-corrected chi connectivity index (χ3v) is 5.03. The van der Waals surface area contributed by atoms with E-state index in [4.69, 9.17) is 0 Å². The third kappa shape index (κ3) is 3.07. The number of hydrogen-bond acceptors (Lipinski definition) is 3. The van der Waals surface area contributed by atoms with Gasteiger partial charge in [-0.15, -0.1) is 11.8 Å². The van der Waals surface area contributed by atoms with E-state index in [1.54, 1.807) is 0 Å². The van der Waals surface area contributed by atoms with Gasteiger partial charge in [0.15, 0.2) is 0 Å². The number of aromatic amines is 1. The van der Waals surface area contributed by atoms with Gasteiger partial charge in [0.1, 0.15) is 0 Å². The number of rotatable bonds is 5. The fourth-order valence-electron chi connectivity index (χ4n) is 2.74. The largest absolute Gasteiger partial charge is 0.310 e. The van der Waals surface area contributed by atoms with E-state index in [1.807, 2.05) is 18.0 Å². The summed E-state index contributed by atoms with van der Waals surface area (Å²) in [4.78, 5) is 1.45. The van der Waals surface area contributed by atoms with Crippen molar-refractivity contribution in [2.75, 3.05) is 12.3 Å². The molecule has 0 saturated carbocycles. The van der Waals surface area contributed by atoms with Crippen LogP contribution in [0.1, 0.15) is 35.7 Å². The molecule has 0 saturated heterocycles. The lowest BCUT2D eigenvalue weighted by molar-refractivity contribution is 0.502. The van der Waals surface area contributed by atoms with Crippen molar-refractivity contribution in [3.63, 3.8) is 0 Å². The number of hydrogen-bond donors (Lipinski definition) is 2. The summed E-state index contributed by atoms with van der Waals surface area (Å²) in [7, 11) is 0. The number of benzene rings is 1. The average Bonchev–Trinajstić information content (AvgIpc) is 2.89. The van der Waals surface area contributed by atoms with E-state index < -0.39 is 0 Å². The summed E-state index contributed by atoms with van der Waals surface area (Å²) >= 11 is 1.98. The van der Waals surface area contributed by atoms with Gasteiger partial charge in [0.05, 0.1) is 6.20 Å². The van der Waals surface area contributed by atoms with Gasteiger partial charge in [-0.1, -0.05) is 18.2 Å². The van der Waals surface area contributed by atoms with Gasteiger partial charge < -0.3 is 5.32 Å². The second-order valence-electron chi connectivity index (χ2n) is 5.31. The van der Waals surface area contributed by atoms with Gasteiger partial charge in [-0.3, -0.25) is 5.10 Å². The Balaban J connectivity index is 1.51. The Hall–Kier alpha value is -1.26. The standard InChI is InChI=1S/C16H21N3S/c1-12-13(11-18-19-12)5-4-9-17-15-8-10-20-16-7-3-2-6-14(15)16/h2-3,6-7,11,15,17H,4-5,8-10H2,1H3,(H,18,19). The van der Waals surface area contributed by atoms with E-state index in [1.165, 1.54) is 33.9 Å². The van der Waals surface area contributed by atoms with Crippen molar-refractivity contribution in [1.29, 1.82) is 0 Å². The van der Waals surface area contributed by atoms with Crippen LogP contribution in [0.4, 0.5) is 0 Å². The first-order valence-electron chi connectivity index (χ1n) is 7.28. The van der Waals surface area contributed by atoms with E-state index >= 15 is 0 Å². The highest BCUT2D eigenvalue weighted by Gasteiger charge is 2.19. The van der Waals surface area contributed by atoms with Gasteiger partial charge in [-0.2, -0.15) is 5.10 Å². The van der Waals surface area contributed by atoms with Crippen LogP contribution in [0.5, 0.6) is 0 Å². The first-order chi connectivity index (χ1) is 9.84. The van der Waals surface area contributed by atoms with Gasteiger partial charge in [0, 0.05) is 16.6 Å². The van der Waals surface area contributed by atoms with Crippen molar-refractivity contribution in [3.05, 3.63) is 47.3 Å². The lowest BCUT2D eigenvalue weighted by Crippen LogP contribution is -2.25. The Kier molecular flexibility index (Phi) is 4.43. The van der Waals surface area contributed by atoms with Crippen LogP contribution in [0.25, 0.3) is 0 Å². The quantitative estimate of drug-likeness (QED) is 0.827. The van der Waals surface area contributed by atoms with Crippen molar-refractivity contribution in [2.24, 2.45) is 0 Å². The molecule has 4 heteroatoms. The molecule has 1 unspecified atom stereocenters. The molecule has 1 aromatic heterocycles. The molecule has 0 bridgehead atoms. The Labute approximate surface area is 124 Å². The number of aryl methyl sites for hydroxylation is 2. The van der Waals surface area contributed by atoms with Crippen LogP contribution in [-0.4, -0.2) is 22.5 Å². The molecule has 1 aliphatic heterocycles. The predicted molar refractivity (Wildman–Crippen MR) is 84.2 cm³/mol. The van der Waals surface area contributed by atoms with Crippen LogP contribution in [0.3, 0.4) is 0 Å². The summed E-state index contributed by atoms with van der Waals surface area (Å²) in [6.07, 6.45) is 5.43. The Morgan fingerprint density at radius 2 is 2.30 bits per heavy atom. The first-order valence-corrected chi connectivity index (χ1v) is 8.27. The molecule has 2 aromatic rings. The van der Waals surface area contributed by atoms with Crippen molar-refractivity contribution in [3.8, 4) is 0 Å². The molecule has 0 aliphatic carbocycles. The molecule has 2 heterocycles. The highest BCUT2D eigenvalue weighted by Crippen LogP contribution is 2.35. The number of fused-ring (bicyclic) bond motifs is 1. The Morgan fingerprint density at radius 3 is 3.15 bits per heavy atom. The Morgan fingerprint density at radius 1 is 1.40 bits per heavy atom. The molecular weight excluding hydrogens is 266 g/mol. The minimum atomic E-state index is 0.526. The predicted octanol–water partition coefficient (Wildman–Crippen LogP) is 3.48. The molecule has 106 valence electrons. The number of aromatic nitrogens is 2. The van der Waals surface area contributed by atoms with Gasteiger partial charge in [0.25, 0.3) is 0 Å². The highest BCUT2D eigenvalue weighted by molar-refractivity contribution is 7.99. The van der Waals surface area contributed by atoms with Crippen molar-refractivity contribution in [1.82, 2.24) is 15.5 Å².